The average Bonchev–Trinajstić information content (AvgIpc) is 2.57. The van der Waals surface area contributed by atoms with Crippen LogP contribution in [0.2, 0.25) is 0 Å². The zero-order valence-corrected chi connectivity index (χ0v) is 17.4. The van der Waals surface area contributed by atoms with Crippen molar-refractivity contribution < 1.29 is 19.4 Å². The number of ether oxygens (including phenoxy) is 2. The number of halogens is 1. The van der Waals surface area contributed by atoms with E-state index in [0.29, 0.717) is 21.8 Å². The minimum atomic E-state index is -1.05. The number of aliphatic hydroxyl groups is 1. The van der Waals surface area contributed by atoms with Crippen molar-refractivity contribution in [1.82, 2.24) is 10.2 Å². The molecule has 0 spiro atoms. The van der Waals surface area contributed by atoms with E-state index in [0.717, 1.165) is 5.56 Å². The Morgan fingerprint density at radius 1 is 1.07 bits per heavy atom. The van der Waals surface area contributed by atoms with E-state index in [4.69, 9.17) is 9.47 Å². The van der Waals surface area contributed by atoms with Crippen LogP contribution in [-0.4, -0.2) is 32.3 Å². The Bertz CT molecular complexity index is 933. The number of nitrogens with zero attached hydrogens (tertiary/aromatic N) is 2. The van der Waals surface area contributed by atoms with Crippen molar-refractivity contribution in [3.63, 3.8) is 0 Å². The van der Waals surface area contributed by atoms with Crippen LogP contribution in [0.15, 0.2) is 40.7 Å². The zero-order valence-electron chi connectivity index (χ0n) is 15.8. The van der Waals surface area contributed by atoms with Gasteiger partial charge in [0.05, 0.1) is 5.57 Å². The van der Waals surface area contributed by atoms with Crippen LogP contribution in [0, 0.1) is 6.92 Å². The maximum atomic E-state index is 13.0. The second-order valence-electron chi connectivity index (χ2n) is 7.45. The molecule has 3 rings (SSSR count). The Kier molecular flexibility index (Phi) is 4.86. The molecule has 2 heterocycles. The molecular formula is C20H21BrN2O4. The smallest absolute Gasteiger partial charge is 0.238 e. The predicted molar refractivity (Wildman–Crippen MR) is 105 cm³/mol. The maximum Gasteiger partial charge on any atom is 0.238 e. The summed E-state index contributed by atoms with van der Waals surface area (Å²) in [5.41, 5.74) is -0.336. The normalized spacial score (nSPS) is 18.5. The second kappa shape index (κ2) is 6.73. The van der Waals surface area contributed by atoms with Crippen molar-refractivity contribution in [3.05, 3.63) is 51.8 Å². The molecule has 142 valence electrons. The molecule has 0 amide bonds. The molecule has 0 unspecified atom stereocenters. The molecule has 0 saturated carbocycles. The molecule has 27 heavy (non-hydrogen) atoms. The van der Waals surface area contributed by atoms with Crippen molar-refractivity contribution in [1.29, 1.82) is 0 Å². The number of aromatic nitrogens is 2. The zero-order chi connectivity index (χ0) is 20.0. The van der Waals surface area contributed by atoms with E-state index in [9.17, 15) is 9.90 Å². The van der Waals surface area contributed by atoms with Gasteiger partial charge in [-0.25, -0.2) is 0 Å². The first-order valence-corrected chi connectivity index (χ1v) is 9.27. The van der Waals surface area contributed by atoms with Gasteiger partial charge >= 0.3 is 0 Å². The summed E-state index contributed by atoms with van der Waals surface area (Å²) in [5, 5.41) is 18.6. The number of ketones is 1. The molecule has 0 aliphatic carbocycles. The molecule has 1 aliphatic heterocycles. The van der Waals surface area contributed by atoms with Crippen LogP contribution in [-0.2, 0) is 9.53 Å². The van der Waals surface area contributed by atoms with Gasteiger partial charge in [0.1, 0.15) is 27.3 Å². The molecule has 1 aliphatic rings. The fourth-order valence-corrected chi connectivity index (χ4v) is 3.32. The van der Waals surface area contributed by atoms with Crippen LogP contribution in [0.25, 0.3) is 5.57 Å². The molecule has 6 nitrogen and oxygen atoms in total. The fraction of sp³-hybridized carbons (Fsp3) is 0.350. The van der Waals surface area contributed by atoms with Gasteiger partial charge in [-0.15, -0.1) is 10.2 Å². The summed E-state index contributed by atoms with van der Waals surface area (Å²) in [4.78, 5) is 13.0. The number of rotatable bonds is 3. The van der Waals surface area contributed by atoms with Crippen LogP contribution in [0.3, 0.4) is 0 Å². The van der Waals surface area contributed by atoms with Crippen molar-refractivity contribution in [3.8, 4) is 11.6 Å². The number of Topliss-reactive ketones (excluding diaryl/α,β-unsaturated/α-hetero) is 1. The maximum absolute atomic E-state index is 13.0. The number of hydrogen-bond acceptors (Lipinski definition) is 6. The highest BCUT2D eigenvalue weighted by Crippen LogP contribution is 2.41. The Morgan fingerprint density at radius 3 is 2.41 bits per heavy atom. The molecule has 0 atom stereocenters. The summed E-state index contributed by atoms with van der Waals surface area (Å²) in [5.74, 6) is 0.450. The lowest BCUT2D eigenvalue weighted by Gasteiger charge is -2.40. The standard InChI is InChI=1S/C20H21BrN2O4/c1-11-6-7-12(26-15-9-8-14(21)22-23-15)10-13(11)16-17(24)19(2,3)27-20(4,5)18(16)25/h6-10,24H,1-5H3. The Balaban J connectivity index is 2.08. The van der Waals surface area contributed by atoms with Crippen LogP contribution in [0.4, 0.5) is 0 Å². The van der Waals surface area contributed by atoms with Crippen molar-refractivity contribution in [2.75, 3.05) is 0 Å². The first kappa shape index (κ1) is 19.5. The number of hydrogen-bond donors (Lipinski definition) is 1. The summed E-state index contributed by atoms with van der Waals surface area (Å²) in [6.07, 6.45) is 0. The van der Waals surface area contributed by atoms with E-state index < -0.39 is 11.2 Å². The van der Waals surface area contributed by atoms with E-state index in [1.54, 1.807) is 52.0 Å². The lowest BCUT2D eigenvalue weighted by molar-refractivity contribution is -0.158. The molecule has 0 radical (unpaired) electrons. The third kappa shape index (κ3) is 3.75. The van der Waals surface area contributed by atoms with Gasteiger partial charge in [0.2, 0.25) is 5.88 Å². The first-order valence-electron chi connectivity index (χ1n) is 8.48. The van der Waals surface area contributed by atoms with Crippen LogP contribution < -0.4 is 4.74 Å². The molecule has 1 aromatic heterocycles. The Labute approximate surface area is 166 Å². The molecule has 1 N–H and O–H groups in total. The molecule has 0 saturated heterocycles. The van der Waals surface area contributed by atoms with Gasteiger partial charge in [0.25, 0.3) is 0 Å². The quantitative estimate of drug-likeness (QED) is 0.752. The number of aliphatic hydroxyl groups excluding tert-OH is 1. The Morgan fingerprint density at radius 2 is 1.78 bits per heavy atom. The summed E-state index contributed by atoms with van der Waals surface area (Å²) in [7, 11) is 0. The fourth-order valence-electron chi connectivity index (χ4n) is 3.10. The predicted octanol–water partition coefficient (Wildman–Crippen LogP) is 4.77. The van der Waals surface area contributed by atoms with Gasteiger partial charge in [-0.1, -0.05) is 6.07 Å². The molecule has 7 heteroatoms. The molecule has 2 aromatic rings. The lowest BCUT2D eigenvalue weighted by Crippen LogP contribution is -2.49. The highest BCUT2D eigenvalue weighted by molar-refractivity contribution is 9.10. The van der Waals surface area contributed by atoms with Gasteiger partial charge in [-0.3, -0.25) is 4.79 Å². The number of aryl methyl sites for hydroxylation is 1. The summed E-state index contributed by atoms with van der Waals surface area (Å²) in [6.45, 7) is 8.77. The van der Waals surface area contributed by atoms with Gasteiger partial charge in [-0.2, -0.15) is 0 Å². The van der Waals surface area contributed by atoms with E-state index >= 15 is 0 Å². The van der Waals surface area contributed by atoms with Gasteiger partial charge in [0.15, 0.2) is 5.78 Å². The highest BCUT2D eigenvalue weighted by atomic mass is 79.9. The Hall–Kier alpha value is -2.25. The van der Waals surface area contributed by atoms with Crippen LogP contribution in [0.1, 0.15) is 38.8 Å². The van der Waals surface area contributed by atoms with E-state index in [1.807, 2.05) is 13.0 Å². The molecule has 1 aromatic carbocycles. The van der Waals surface area contributed by atoms with E-state index in [-0.39, 0.29) is 17.1 Å². The van der Waals surface area contributed by atoms with E-state index in [1.165, 1.54) is 0 Å². The second-order valence-corrected chi connectivity index (χ2v) is 8.26. The van der Waals surface area contributed by atoms with Crippen molar-refractivity contribution >= 4 is 27.3 Å². The lowest BCUT2D eigenvalue weighted by atomic mass is 9.82. The average molecular weight is 433 g/mol. The van der Waals surface area contributed by atoms with Crippen molar-refractivity contribution in [2.45, 2.75) is 45.8 Å². The summed E-state index contributed by atoms with van der Waals surface area (Å²) >= 11 is 3.23. The van der Waals surface area contributed by atoms with Gasteiger partial charge in [0, 0.05) is 6.07 Å². The van der Waals surface area contributed by atoms with Gasteiger partial charge < -0.3 is 14.6 Å². The third-order valence-electron chi connectivity index (χ3n) is 4.40. The SMILES string of the molecule is Cc1ccc(Oc2ccc(Br)nn2)cc1C1=C(O)C(C)(C)OC(C)(C)C1=O. The van der Waals surface area contributed by atoms with E-state index in [2.05, 4.69) is 26.1 Å². The molecule has 0 bridgehead atoms. The minimum Gasteiger partial charge on any atom is -0.508 e. The summed E-state index contributed by atoms with van der Waals surface area (Å²) in [6, 6.07) is 8.73. The van der Waals surface area contributed by atoms with Crippen molar-refractivity contribution in [2.24, 2.45) is 0 Å². The van der Waals surface area contributed by atoms with Crippen LogP contribution >= 0.6 is 15.9 Å². The monoisotopic (exact) mass is 432 g/mol. The first-order chi connectivity index (χ1) is 12.5. The number of carbonyl (C=O) groups excluding carboxylic acids is 1. The van der Waals surface area contributed by atoms with Crippen LogP contribution in [0.5, 0.6) is 11.6 Å². The van der Waals surface area contributed by atoms with Gasteiger partial charge in [-0.05, 0) is 79.9 Å². The molecular weight excluding hydrogens is 412 g/mol. The number of carbonyl (C=O) groups is 1. The number of benzene rings is 1. The third-order valence-corrected chi connectivity index (χ3v) is 4.82. The largest absolute Gasteiger partial charge is 0.508 e. The highest BCUT2D eigenvalue weighted by Gasteiger charge is 2.47. The summed E-state index contributed by atoms with van der Waals surface area (Å²) < 4.78 is 12.2. The molecule has 0 fully saturated rings. The minimum absolute atomic E-state index is 0.0875. The topological polar surface area (TPSA) is 81.5 Å².